The molecule has 3 N–H and O–H groups in total. The smallest absolute Gasteiger partial charge is 0.240 e. The summed E-state index contributed by atoms with van der Waals surface area (Å²) in [5.74, 6) is 0.746. The molecule has 7 heteroatoms. The molecule has 0 fully saturated rings. The van der Waals surface area contributed by atoms with Crippen LogP contribution in [0.2, 0.25) is 0 Å². The molecule has 0 aromatic heterocycles. The van der Waals surface area contributed by atoms with Gasteiger partial charge in [0.25, 0.3) is 0 Å². The van der Waals surface area contributed by atoms with Crippen molar-refractivity contribution in [2.75, 3.05) is 20.1 Å². The van der Waals surface area contributed by atoms with Crippen LogP contribution in [0.5, 0.6) is 0 Å². The lowest BCUT2D eigenvalue weighted by molar-refractivity contribution is 0.588. The van der Waals surface area contributed by atoms with Gasteiger partial charge in [-0.15, -0.1) is 0 Å². The van der Waals surface area contributed by atoms with Gasteiger partial charge in [0.05, 0.1) is 11.4 Å². The third kappa shape index (κ3) is 6.16. The maximum Gasteiger partial charge on any atom is 0.240 e. The summed E-state index contributed by atoms with van der Waals surface area (Å²) in [6.45, 7) is 4.05. The SMILES string of the molecule is CCNC(=NCc1ccc(S(=O)(=O)NC)cc1)NCCc1ccccc1. The van der Waals surface area contributed by atoms with Crippen LogP contribution in [-0.2, 0) is 23.0 Å². The third-order valence-corrected chi connectivity index (χ3v) is 5.25. The van der Waals surface area contributed by atoms with Gasteiger partial charge in [0.1, 0.15) is 0 Å². The molecule has 0 spiro atoms. The summed E-state index contributed by atoms with van der Waals surface area (Å²) in [6, 6.07) is 17.0. The van der Waals surface area contributed by atoms with E-state index in [1.165, 1.54) is 12.6 Å². The molecule has 0 aliphatic carbocycles. The van der Waals surface area contributed by atoms with E-state index in [1.54, 1.807) is 24.3 Å². The lowest BCUT2D eigenvalue weighted by Crippen LogP contribution is -2.38. The van der Waals surface area contributed by atoms with Crippen LogP contribution in [0.1, 0.15) is 18.1 Å². The number of benzene rings is 2. The molecule has 2 aromatic carbocycles. The minimum absolute atomic E-state index is 0.251. The molecule has 0 aliphatic rings. The average Bonchev–Trinajstić information content (AvgIpc) is 2.67. The van der Waals surface area contributed by atoms with Crippen LogP contribution in [0.25, 0.3) is 0 Å². The molecule has 140 valence electrons. The van der Waals surface area contributed by atoms with Crippen molar-refractivity contribution in [1.29, 1.82) is 0 Å². The lowest BCUT2D eigenvalue weighted by atomic mass is 10.1. The van der Waals surface area contributed by atoms with E-state index in [0.717, 1.165) is 31.0 Å². The molecular formula is C19H26N4O2S. The van der Waals surface area contributed by atoms with E-state index in [2.05, 4.69) is 32.5 Å². The first kappa shape index (κ1) is 19.9. The molecule has 0 saturated heterocycles. The molecule has 0 radical (unpaired) electrons. The topological polar surface area (TPSA) is 82.6 Å². The predicted molar refractivity (Wildman–Crippen MR) is 106 cm³/mol. The van der Waals surface area contributed by atoms with Crippen molar-refractivity contribution in [2.45, 2.75) is 24.8 Å². The van der Waals surface area contributed by atoms with Crippen LogP contribution in [0.3, 0.4) is 0 Å². The summed E-state index contributed by atoms with van der Waals surface area (Å²) >= 11 is 0. The van der Waals surface area contributed by atoms with Gasteiger partial charge in [0.2, 0.25) is 10.0 Å². The molecule has 6 nitrogen and oxygen atoms in total. The summed E-state index contributed by atoms with van der Waals surface area (Å²) in [7, 11) is -2.00. The minimum atomic E-state index is -3.40. The van der Waals surface area contributed by atoms with Crippen LogP contribution >= 0.6 is 0 Å². The standard InChI is InChI=1S/C19H26N4O2S/c1-3-21-19(22-14-13-16-7-5-4-6-8-16)23-15-17-9-11-18(12-10-17)26(24,25)20-2/h4-12,20H,3,13-15H2,1-2H3,(H2,21,22,23). The number of nitrogens with one attached hydrogen (secondary N) is 3. The Kier molecular flexibility index (Phi) is 7.62. The first-order valence-electron chi connectivity index (χ1n) is 8.63. The lowest BCUT2D eigenvalue weighted by Gasteiger charge is -2.11. The quantitative estimate of drug-likeness (QED) is 0.487. The Bertz CT molecular complexity index is 803. The molecule has 26 heavy (non-hydrogen) atoms. The zero-order chi connectivity index (χ0) is 18.8. The zero-order valence-corrected chi connectivity index (χ0v) is 16.0. The normalized spacial score (nSPS) is 12.0. The number of guanidine groups is 1. The maximum absolute atomic E-state index is 11.7. The van der Waals surface area contributed by atoms with Crippen LogP contribution in [0, 0.1) is 0 Å². The van der Waals surface area contributed by atoms with Crippen LogP contribution in [0.15, 0.2) is 64.5 Å². The molecule has 0 unspecified atom stereocenters. The fourth-order valence-corrected chi connectivity index (χ4v) is 3.10. The van der Waals surface area contributed by atoms with Crippen LogP contribution in [-0.4, -0.2) is 34.5 Å². The third-order valence-electron chi connectivity index (χ3n) is 3.82. The van der Waals surface area contributed by atoms with Gasteiger partial charge in [-0.25, -0.2) is 18.1 Å². The first-order chi connectivity index (χ1) is 12.5. The molecule has 2 aromatic rings. The molecule has 2 rings (SSSR count). The Morgan fingerprint density at radius 2 is 1.65 bits per heavy atom. The van der Waals surface area contributed by atoms with Crippen molar-refractivity contribution in [2.24, 2.45) is 4.99 Å². The highest BCUT2D eigenvalue weighted by atomic mass is 32.2. The van der Waals surface area contributed by atoms with Gasteiger partial charge in [-0.1, -0.05) is 42.5 Å². The van der Waals surface area contributed by atoms with Crippen molar-refractivity contribution >= 4 is 16.0 Å². The Hall–Kier alpha value is -2.38. The Labute approximate surface area is 155 Å². The number of nitrogens with zero attached hydrogens (tertiary/aromatic N) is 1. The van der Waals surface area contributed by atoms with E-state index in [-0.39, 0.29) is 4.90 Å². The second-order valence-corrected chi connectivity index (χ2v) is 7.60. The van der Waals surface area contributed by atoms with E-state index in [9.17, 15) is 8.42 Å². The van der Waals surface area contributed by atoms with E-state index < -0.39 is 10.0 Å². The summed E-state index contributed by atoms with van der Waals surface area (Å²) < 4.78 is 25.8. The van der Waals surface area contributed by atoms with Gasteiger partial charge in [-0.05, 0) is 43.7 Å². The van der Waals surface area contributed by atoms with Crippen molar-refractivity contribution in [3.05, 3.63) is 65.7 Å². The molecule has 0 heterocycles. The van der Waals surface area contributed by atoms with Gasteiger partial charge in [-0.3, -0.25) is 0 Å². The monoisotopic (exact) mass is 374 g/mol. The van der Waals surface area contributed by atoms with Crippen molar-refractivity contribution in [3.8, 4) is 0 Å². The molecule has 0 saturated carbocycles. The number of rotatable bonds is 8. The van der Waals surface area contributed by atoms with Crippen molar-refractivity contribution in [3.63, 3.8) is 0 Å². The molecule has 0 bridgehead atoms. The number of sulfonamides is 1. The predicted octanol–water partition coefficient (Wildman–Crippen LogP) is 1.89. The highest BCUT2D eigenvalue weighted by Crippen LogP contribution is 2.10. The fourth-order valence-electron chi connectivity index (χ4n) is 2.37. The van der Waals surface area contributed by atoms with E-state index in [1.807, 2.05) is 25.1 Å². The minimum Gasteiger partial charge on any atom is -0.357 e. The maximum atomic E-state index is 11.7. The number of hydrogen-bond acceptors (Lipinski definition) is 3. The molecule has 0 aliphatic heterocycles. The zero-order valence-electron chi connectivity index (χ0n) is 15.2. The highest BCUT2D eigenvalue weighted by molar-refractivity contribution is 7.89. The van der Waals surface area contributed by atoms with E-state index in [4.69, 9.17) is 0 Å². The second-order valence-electron chi connectivity index (χ2n) is 5.71. The van der Waals surface area contributed by atoms with Crippen molar-refractivity contribution in [1.82, 2.24) is 15.4 Å². The average molecular weight is 375 g/mol. The van der Waals surface area contributed by atoms with Crippen LogP contribution in [0.4, 0.5) is 0 Å². The number of aliphatic imine (C=N–C) groups is 1. The van der Waals surface area contributed by atoms with Gasteiger partial charge in [0, 0.05) is 13.1 Å². The van der Waals surface area contributed by atoms with Gasteiger partial charge in [-0.2, -0.15) is 0 Å². The number of hydrogen-bond donors (Lipinski definition) is 3. The van der Waals surface area contributed by atoms with E-state index >= 15 is 0 Å². The summed E-state index contributed by atoms with van der Waals surface area (Å²) in [5, 5.41) is 6.53. The Balaban J connectivity index is 1.93. The van der Waals surface area contributed by atoms with Gasteiger partial charge < -0.3 is 10.6 Å². The molecule has 0 atom stereocenters. The molecular weight excluding hydrogens is 348 g/mol. The second kappa shape index (κ2) is 9.94. The summed E-state index contributed by atoms with van der Waals surface area (Å²) in [4.78, 5) is 4.81. The fraction of sp³-hybridized carbons (Fsp3) is 0.316. The van der Waals surface area contributed by atoms with Crippen molar-refractivity contribution < 1.29 is 8.42 Å². The first-order valence-corrected chi connectivity index (χ1v) is 10.1. The Morgan fingerprint density at radius 3 is 2.27 bits per heavy atom. The largest absolute Gasteiger partial charge is 0.357 e. The highest BCUT2D eigenvalue weighted by Gasteiger charge is 2.10. The Morgan fingerprint density at radius 1 is 0.962 bits per heavy atom. The summed E-state index contributed by atoms with van der Waals surface area (Å²) in [6.07, 6.45) is 0.918. The summed E-state index contributed by atoms with van der Waals surface area (Å²) in [5.41, 5.74) is 2.22. The molecule has 0 amide bonds. The van der Waals surface area contributed by atoms with Gasteiger partial charge >= 0.3 is 0 Å². The van der Waals surface area contributed by atoms with Crippen LogP contribution < -0.4 is 15.4 Å². The van der Waals surface area contributed by atoms with E-state index in [0.29, 0.717) is 6.54 Å². The van der Waals surface area contributed by atoms with Gasteiger partial charge in [0.15, 0.2) is 5.96 Å².